The number of methoxy groups -OCH3 is 1. The molecular formula is C11H21NO3. The Morgan fingerprint density at radius 2 is 2.27 bits per heavy atom. The van der Waals surface area contributed by atoms with Gasteiger partial charge in [-0.2, -0.15) is 0 Å². The number of nitrogens with one attached hydrogen (secondary N) is 1. The van der Waals surface area contributed by atoms with Crippen LogP contribution in [-0.4, -0.2) is 38.4 Å². The fourth-order valence-corrected chi connectivity index (χ4v) is 1.90. The zero-order chi connectivity index (χ0) is 11.5. The highest BCUT2D eigenvalue weighted by atomic mass is 16.6. The molecule has 15 heavy (non-hydrogen) atoms. The van der Waals surface area contributed by atoms with Crippen LogP contribution in [0.5, 0.6) is 0 Å². The highest BCUT2D eigenvalue weighted by Crippen LogP contribution is 2.32. The first-order chi connectivity index (χ1) is 7.03. The third-order valence-corrected chi connectivity index (χ3v) is 2.83. The maximum atomic E-state index is 11.5. The van der Waals surface area contributed by atoms with E-state index in [1.54, 1.807) is 0 Å². The molecule has 0 amide bonds. The lowest BCUT2D eigenvalue weighted by Gasteiger charge is -2.28. The highest BCUT2D eigenvalue weighted by Gasteiger charge is 2.46. The molecule has 1 aliphatic heterocycles. The van der Waals surface area contributed by atoms with Crippen molar-refractivity contribution in [2.24, 2.45) is 5.41 Å². The fourth-order valence-electron chi connectivity index (χ4n) is 1.90. The van der Waals surface area contributed by atoms with Crippen LogP contribution in [0.1, 0.15) is 27.2 Å². The SMILES string of the molecule is CCCN[C@H]1[C@@H](C(=O)OC)OCC1(C)C. The quantitative estimate of drug-likeness (QED) is 0.709. The van der Waals surface area contributed by atoms with Crippen LogP contribution in [-0.2, 0) is 14.3 Å². The van der Waals surface area contributed by atoms with Crippen LogP contribution in [0.3, 0.4) is 0 Å². The zero-order valence-electron chi connectivity index (χ0n) is 10.0. The molecule has 0 aromatic rings. The Balaban J connectivity index is 2.68. The van der Waals surface area contributed by atoms with E-state index in [0.29, 0.717) is 6.61 Å². The normalized spacial score (nSPS) is 29.1. The Bertz CT molecular complexity index is 228. The Morgan fingerprint density at radius 1 is 1.60 bits per heavy atom. The average Bonchev–Trinajstić information content (AvgIpc) is 2.50. The van der Waals surface area contributed by atoms with Crippen molar-refractivity contribution in [3.05, 3.63) is 0 Å². The van der Waals surface area contributed by atoms with Gasteiger partial charge in [0.2, 0.25) is 0 Å². The van der Waals surface area contributed by atoms with E-state index in [0.717, 1.165) is 13.0 Å². The number of esters is 1. The number of ether oxygens (including phenoxy) is 2. The van der Waals surface area contributed by atoms with E-state index in [-0.39, 0.29) is 17.4 Å². The molecule has 0 aliphatic carbocycles. The van der Waals surface area contributed by atoms with Gasteiger partial charge in [-0.05, 0) is 13.0 Å². The fraction of sp³-hybridized carbons (Fsp3) is 0.909. The molecule has 0 bridgehead atoms. The minimum atomic E-state index is -0.462. The topological polar surface area (TPSA) is 47.6 Å². The summed E-state index contributed by atoms with van der Waals surface area (Å²) in [6.07, 6.45) is 0.581. The monoisotopic (exact) mass is 215 g/mol. The summed E-state index contributed by atoms with van der Waals surface area (Å²) in [7, 11) is 1.40. The van der Waals surface area contributed by atoms with Gasteiger partial charge < -0.3 is 14.8 Å². The Morgan fingerprint density at radius 3 is 2.80 bits per heavy atom. The van der Waals surface area contributed by atoms with Gasteiger partial charge in [-0.25, -0.2) is 4.79 Å². The number of hydrogen-bond donors (Lipinski definition) is 1. The smallest absolute Gasteiger partial charge is 0.336 e. The molecule has 0 saturated carbocycles. The zero-order valence-corrected chi connectivity index (χ0v) is 10.0. The summed E-state index contributed by atoms with van der Waals surface area (Å²) in [6.45, 7) is 7.79. The van der Waals surface area contributed by atoms with Crippen LogP contribution in [0.15, 0.2) is 0 Å². The van der Waals surface area contributed by atoms with Crippen LogP contribution < -0.4 is 5.32 Å². The molecule has 4 nitrogen and oxygen atoms in total. The molecule has 0 unspecified atom stereocenters. The predicted octanol–water partition coefficient (Wildman–Crippen LogP) is 0.953. The molecule has 88 valence electrons. The summed E-state index contributed by atoms with van der Waals surface area (Å²) in [5.74, 6) is -0.283. The molecular weight excluding hydrogens is 194 g/mol. The van der Waals surface area contributed by atoms with Gasteiger partial charge in [-0.3, -0.25) is 0 Å². The van der Waals surface area contributed by atoms with E-state index in [1.165, 1.54) is 7.11 Å². The van der Waals surface area contributed by atoms with Crippen molar-refractivity contribution in [2.75, 3.05) is 20.3 Å². The van der Waals surface area contributed by atoms with Crippen LogP contribution in [0.25, 0.3) is 0 Å². The standard InChI is InChI=1S/C11H21NO3/c1-5-6-12-9-8(10(13)14-4)15-7-11(9,2)3/h8-9,12H,5-7H2,1-4H3/t8-,9-/m0/s1. The molecule has 0 spiro atoms. The van der Waals surface area contributed by atoms with Gasteiger partial charge >= 0.3 is 5.97 Å². The third-order valence-electron chi connectivity index (χ3n) is 2.83. The summed E-state index contributed by atoms with van der Waals surface area (Å²) in [4.78, 5) is 11.5. The molecule has 0 aromatic carbocycles. The van der Waals surface area contributed by atoms with Crippen molar-refractivity contribution < 1.29 is 14.3 Å². The second-order valence-electron chi connectivity index (χ2n) is 4.68. The van der Waals surface area contributed by atoms with Gasteiger partial charge in [-0.15, -0.1) is 0 Å². The average molecular weight is 215 g/mol. The second kappa shape index (κ2) is 4.94. The van der Waals surface area contributed by atoms with Crippen molar-refractivity contribution >= 4 is 5.97 Å². The Kier molecular flexibility index (Phi) is 4.11. The van der Waals surface area contributed by atoms with Crippen molar-refractivity contribution in [2.45, 2.75) is 39.3 Å². The molecule has 1 fully saturated rings. The molecule has 1 aliphatic rings. The van der Waals surface area contributed by atoms with Gasteiger partial charge in [0.05, 0.1) is 19.8 Å². The maximum absolute atomic E-state index is 11.5. The van der Waals surface area contributed by atoms with E-state index in [1.807, 2.05) is 0 Å². The molecule has 1 heterocycles. The molecule has 0 radical (unpaired) electrons. The van der Waals surface area contributed by atoms with Crippen LogP contribution >= 0.6 is 0 Å². The maximum Gasteiger partial charge on any atom is 0.336 e. The molecule has 2 atom stereocenters. The van der Waals surface area contributed by atoms with Crippen LogP contribution in [0, 0.1) is 5.41 Å². The van der Waals surface area contributed by atoms with Crippen molar-refractivity contribution in [3.8, 4) is 0 Å². The highest BCUT2D eigenvalue weighted by molar-refractivity contribution is 5.76. The minimum Gasteiger partial charge on any atom is -0.467 e. The molecule has 1 saturated heterocycles. The number of carbonyl (C=O) groups excluding carboxylic acids is 1. The number of hydrogen-bond acceptors (Lipinski definition) is 4. The van der Waals surface area contributed by atoms with Crippen molar-refractivity contribution in [3.63, 3.8) is 0 Å². The largest absolute Gasteiger partial charge is 0.467 e. The van der Waals surface area contributed by atoms with E-state index < -0.39 is 6.10 Å². The molecule has 1 rings (SSSR count). The first-order valence-electron chi connectivity index (χ1n) is 5.45. The number of rotatable bonds is 4. The van der Waals surface area contributed by atoms with Gasteiger partial charge in [-0.1, -0.05) is 20.8 Å². The van der Waals surface area contributed by atoms with Crippen LogP contribution in [0.2, 0.25) is 0 Å². The van der Waals surface area contributed by atoms with Gasteiger partial charge in [0, 0.05) is 5.41 Å². The summed E-state index contributed by atoms with van der Waals surface area (Å²) < 4.78 is 10.2. The third kappa shape index (κ3) is 2.69. The lowest BCUT2D eigenvalue weighted by atomic mass is 9.84. The lowest BCUT2D eigenvalue weighted by Crippen LogP contribution is -2.48. The number of carbonyl (C=O) groups is 1. The van der Waals surface area contributed by atoms with E-state index in [4.69, 9.17) is 9.47 Å². The van der Waals surface area contributed by atoms with E-state index in [9.17, 15) is 4.79 Å². The molecule has 0 aromatic heterocycles. The summed E-state index contributed by atoms with van der Waals surface area (Å²) in [5.41, 5.74) is -0.0198. The summed E-state index contributed by atoms with van der Waals surface area (Å²) in [6, 6.07) is 0.0462. The van der Waals surface area contributed by atoms with Gasteiger partial charge in [0.1, 0.15) is 0 Å². The predicted molar refractivity (Wildman–Crippen MR) is 57.6 cm³/mol. The first-order valence-corrected chi connectivity index (χ1v) is 5.45. The van der Waals surface area contributed by atoms with E-state index in [2.05, 4.69) is 26.1 Å². The Hall–Kier alpha value is -0.610. The minimum absolute atomic E-state index is 0.0198. The second-order valence-corrected chi connectivity index (χ2v) is 4.68. The van der Waals surface area contributed by atoms with Gasteiger partial charge in [0.25, 0.3) is 0 Å². The first kappa shape index (κ1) is 12.5. The molecule has 4 heteroatoms. The van der Waals surface area contributed by atoms with E-state index >= 15 is 0 Å². The van der Waals surface area contributed by atoms with Gasteiger partial charge in [0.15, 0.2) is 6.10 Å². The summed E-state index contributed by atoms with van der Waals surface area (Å²) >= 11 is 0. The molecule has 1 N–H and O–H groups in total. The van der Waals surface area contributed by atoms with Crippen LogP contribution in [0.4, 0.5) is 0 Å². The lowest BCUT2D eigenvalue weighted by molar-refractivity contribution is -0.152. The Labute approximate surface area is 91.3 Å². The summed E-state index contributed by atoms with van der Waals surface area (Å²) in [5, 5.41) is 3.36. The van der Waals surface area contributed by atoms with Crippen molar-refractivity contribution in [1.29, 1.82) is 0 Å². The van der Waals surface area contributed by atoms with Crippen molar-refractivity contribution in [1.82, 2.24) is 5.32 Å².